The van der Waals surface area contributed by atoms with E-state index >= 15 is 0 Å². The van der Waals surface area contributed by atoms with Crippen molar-refractivity contribution in [2.24, 2.45) is 0 Å². The van der Waals surface area contributed by atoms with Crippen LogP contribution in [0.15, 0.2) is 29.2 Å². The van der Waals surface area contributed by atoms with E-state index in [-0.39, 0.29) is 5.82 Å². The minimum absolute atomic E-state index is 0.219. The first-order valence-electron chi connectivity index (χ1n) is 6.02. The van der Waals surface area contributed by atoms with E-state index in [0.29, 0.717) is 23.5 Å². The van der Waals surface area contributed by atoms with Gasteiger partial charge in [-0.05, 0) is 24.3 Å². The number of halogens is 1. The van der Waals surface area contributed by atoms with Crippen molar-refractivity contribution >= 4 is 35.9 Å². The van der Waals surface area contributed by atoms with Gasteiger partial charge in [0.15, 0.2) is 0 Å². The van der Waals surface area contributed by atoms with Crippen molar-refractivity contribution in [2.75, 3.05) is 17.3 Å². The molecule has 1 aromatic rings. The molecule has 0 aliphatic carbocycles. The first kappa shape index (κ1) is 16.8. The fourth-order valence-corrected chi connectivity index (χ4v) is 3.45. The zero-order valence-corrected chi connectivity index (χ0v) is 12.4. The van der Waals surface area contributed by atoms with Crippen LogP contribution in [-0.4, -0.2) is 40.8 Å². The number of benzene rings is 1. The van der Waals surface area contributed by atoms with Crippen LogP contribution in [0.4, 0.5) is 4.39 Å². The molecule has 1 unspecified atom stereocenters. The third kappa shape index (κ3) is 6.29. The Labute approximate surface area is 125 Å². The second-order valence-electron chi connectivity index (χ2n) is 3.86. The van der Waals surface area contributed by atoms with Crippen LogP contribution in [0, 0.1) is 5.82 Å². The normalized spacial score (nSPS) is 11.8. The van der Waals surface area contributed by atoms with E-state index in [0.717, 1.165) is 11.5 Å². The molecule has 0 spiro atoms. The van der Waals surface area contributed by atoms with Gasteiger partial charge < -0.3 is 10.4 Å². The number of carbonyl (C=O) groups is 2. The van der Waals surface area contributed by atoms with Crippen molar-refractivity contribution in [2.45, 2.75) is 17.4 Å². The van der Waals surface area contributed by atoms with Crippen LogP contribution in [0.1, 0.15) is 6.42 Å². The van der Waals surface area contributed by atoms with Crippen LogP contribution < -0.4 is 5.32 Å². The van der Waals surface area contributed by atoms with Crippen molar-refractivity contribution in [3.8, 4) is 0 Å². The summed E-state index contributed by atoms with van der Waals surface area (Å²) in [5.41, 5.74) is 0. The highest BCUT2D eigenvalue weighted by Gasteiger charge is 2.15. The van der Waals surface area contributed by atoms with E-state index < -0.39 is 12.0 Å². The van der Waals surface area contributed by atoms with Gasteiger partial charge in [-0.15, -0.1) is 11.8 Å². The van der Waals surface area contributed by atoms with Crippen LogP contribution in [0.25, 0.3) is 0 Å². The molecule has 0 aliphatic rings. The number of nitrogens with one attached hydrogen (secondary N) is 1. The van der Waals surface area contributed by atoms with Gasteiger partial charge in [0, 0.05) is 16.4 Å². The molecular formula is C13H16FNO3S2. The summed E-state index contributed by atoms with van der Waals surface area (Å²) in [7, 11) is 0. The Hall–Kier alpha value is -1.21. The van der Waals surface area contributed by atoms with Crippen molar-refractivity contribution in [3.05, 3.63) is 30.1 Å². The highest BCUT2D eigenvalue weighted by molar-refractivity contribution is 8.02. The van der Waals surface area contributed by atoms with Crippen LogP contribution >= 0.6 is 23.5 Å². The van der Waals surface area contributed by atoms with E-state index in [1.165, 1.54) is 17.8 Å². The van der Waals surface area contributed by atoms with Gasteiger partial charge in [0.1, 0.15) is 11.9 Å². The lowest BCUT2D eigenvalue weighted by Crippen LogP contribution is -2.36. The van der Waals surface area contributed by atoms with Gasteiger partial charge in [-0.3, -0.25) is 4.79 Å². The molecule has 0 saturated carbocycles. The number of carboxylic acids is 1. The lowest BCUT2D eigenvalue weighted by Gasteiger charge is -2.10. The van der Waals surface area contributed by atoms with Gasteiger partial charge in [-0.1, -0.05) is 12.1 Å². The highest BCUT2D eigenvalue weighted by Crippen LogP contribution is 2.22. The standard InChI is InChI=1S/C13H16FNO3S2/c14-10-3-1-2-4-12(10)20-8-7-19-6-5-11(13(17)18)15-9-16/h1-4,9,11H,5-8H2,(H,15,16)(H,17,18). The van der Waals surface area contributed by atoms with Gasteiger partial charge in [-0.25, -0.2) is 9.18 Å². The van der Waals surface area contributed by atoms with Crippen LogP contribution in [0.3, 0.4) is 0 Å². The molecular weight excluding hydrogens is 301 g/mol. The largest absolute Gasteiger partial charge is 0.480 e. The molecule has 0 aliphatic heterocycles. The molecule has 110 valence electrons. The molecule has 0 heterocycles. The molecule has 1 atom stereocenters. The van der Waals surface area contributed by atoms with Crippen LogP contribution in [0.2, 0.25) is 0 Å². The summed E-state index contributed by atoms with van der Waals surface area (Å²) in [6.45, 7) is 0. The smallest absolute Gasteiger partial charge is 0.326 e. The van der Waals surface area contributed by atoms with E-state index in [2.05, 4.69) is 5.32 Å². The minimum Gasteiger partial charge on any atom is -0.480 e. The minimum atomic E-state index is -1.03. The van der Waals surface area contributed by atoms with Crippen LogP contribution in [-0.2, 0) is 9.59 Å². The van der Waals surface area contributed by atoms with Crippen molar-refractivity contribution in [1.82, 2.24) is 5.32 Å². The summed E-state index contributed by atoms with van der Waals surface area (Å²) in [5, 5.41) is 11.1. The summed E-state index contributed by atoms with van der Waals surface area (Å²) in [6.07, 6.45) is 0.778. The number of carbonyl (C=O) groups excluding carboxylic acids is 1. The molecule has 1 amide bonds. The Balaban J connectivity index is 2.14. The van der Waals surface area contributed by atoms with Crippen molar-refractivity contribution < 1.29 is 19.1 Å². The lowest BCUT2D eigenvalue weighted by molar-refractivity contribution is -0.140. The summed E-state index contributed by atoms with van der Waals surface area (Å²) in [6, 6.07) is 5.78. The molecule has 1 aromatic carbocycles. The van der Waals surface area contributed by atoms with Gasteiger partial charge in [0.2, 0.25) is 6.41 Å². The topological polar surface area (TPSA) is 66.4 Å². The molecule has 0 fully saturated rings. The second kappa shape index (κ2) is 9.66. The number of hydrogen-bond donors (Lipinski definition) is 2. The zero-order chi connectivity index (χ0) is 14.8. The third-order valence-corrected chi connectivity index (χ3v) is 4.77. The fraction of sp³-hybridized carbons (Fsp3) is 0.385. The number of thioether (sulfide) groups is 2. The van der Waals surface area contributed by atoms with Crippen molar-refractivity contribution in [1.29, 1.82) is 0 Å². The zero-order valence-electron chi connectivity index (χ0n) is 10.8. The quantitative estimate of drug-likeness (QED) is 0.393. The molecule has 7 heteroatoms. The molecule has 1 rings (SSSR count). The monoisotopic (exact) mass is 317 g/mol. The number of aliphatic carboxylic acids is 1. The molecule has 2 N–H and O–H groups in total. The number of rotatable bonds is 10. The molecule has 4 nitrogen and oxygen atoms in total. The number of hydrogen-bond acceptors (Lipinski definition) is 4. The van der Waals surface area contributed by atoms with Gasteiger partial charge in [0.05, 0.1) is 0 Å². The maximum absolute atomic E-state index is 13.3. The molecule has 0 bridgehead atoms. The maximum Gasteiger partial charge on any atom is 0.326 e. The Morgan fingerprint density at radius 3 is 2.75 bits per heavy atom. The van der Waals surface area contributed by atoms with Gasteiger partial charge in [-0.2, -0.15) is 11.8 Å². The second-order valence-corrected chi connectivity index (χ2v) is 6.22. The molecule has 0 radical (unpaired) electrons. The summed E-state index contributed by atoms with van der Waals surface area (Å²) < 4.78 is 13.3. The van der Waals surface area contributed by atoms with E-state index in [9.17, 15) is 14.0 Å². The Morgan fingerprint density at radius 1 is 1.35 bits per heavy atom. The lowest BCUT2D eigenvalue weighted by atomic mass is 10.2. The molecule has 0 saturated heterocycles. The van der Waals surface area contributed by atoms with E-state index in [1.54, 1.807) is 30.0 Å². The van der Waals surface area contributed by atoms with Crippen molar-refractivity contribution in [3.63, 3.8) is 0 Å². The average molecular weight is 317 g/mol. The first-order valence-corrected chi connectivity index (χ1v) is 8.16. The maximum atomic E-state index is 13.3. The molecule has 0 aromatic heterocycles. The molecule has 20 heavy (non-hydrogen) atoms. The fourth-order valence-electron chi connectivity index (χ4n) is 1.44. The predicted molar refractivity (Wildman–Crippen MR) is 79.7 cm³/mol. The Bertz CT molecular complexity index is 445. The van der Waals surface area contributed by atoms with Crippen LogP contribution in [0.5, 0.6) is 0 Å². The average Bonchev–Trinajstić information content (AvgIpc) is 2.43. The summed E-state index contributed by atoms with van der Waals surface area (Å²) in [4.78, 5) is 21.6. The van der Waals surface area contributed by atoms with E-state index in [1.807, 2.05) is 0 Å². The van der Waals surface area contributed by atoms with E-state index in [4.69, 9.17) is 5.11 Å². The SMILES string of the molecule is O=CNC(CCSCCSc1ccccc1F)C(=O)O. The summed E-state index contributed by atoms with van der Waals surface area (Å²) in [5.74, 6) is 0.939. The Kier molecular flexibility index (Phi) is 8.13. The number of carboxylic acid groups (broad SMARTS) is 1. The first-order chi connectivity index (χ1) is 9.65. The van der Waals surface area contributed by atoms with Gasteiger partial charge >= 0.3 is 5.97 Å². The highest BCUT2D eigenvalue weighted by atomic mass is 32.2. The summed E-state index contributed by atoms with van der Waals surface area (Å²) >= 11 is 3.03. The third-order valence-electron chi connectivity index (χ3n) is 2.44. The Morgan fingerprint density at radius 2 is 2.10 bits per heavy atom. The predicted octanol–water partition coefficient (Wildman–Crippen LogP) is 2.24. The van der Waals surface area contributed by atoms with Gasteiger partial charge in [0.25, 0.3) is 0 Å². The number of amides is 1.